The molecule has 0 spiro atoms. The van der Waals surface area contributed by atoms with Crippen molar-refractivity contribution < 1.29 is 24.1 Å². The summed E-state index contributed by atoms with van der Waals surface area (Å²) in [5.74, 6) is -0.280. The van der Waals surface area contributed by atoms with Crippen molar-refractivity contribution in [1.82, 2.24) is 19.9 Å². The Hall–Kier alpha value is -4.33. The van der Waals surface area contributed by atoms with Crippen molar-refractivity contribution >= 4 is 17.0 Å². The van der Waals surface area contributed by atoms with Gasteiger partial charge in [0.05, 0.1) is 40.9 Å². The fraction of sp³-hybridized carbons (Fsp3) is 0.286. The maximum absolute atomic E-state index is 14.2. The zero-order valence-electron chi connectivity index (χ0n) is 20.5. The summed E-state index contributed by atoms with van der Waals surface area (Å²) in [4.78, 5) is 25.9. The van der Waals surface area contributed by atoms with Crippen LogP contribution in [0.25, 0.3) is 11.0 Å². The molecule has 1 atom stereocenters. The Kier molecular flexibility index (Phi) is 7.31. The first kappa shape index (κ1) is 25.3. The molecule has 5 rings (SSSR count). The number of aromatic carboxylic acids is 1. The third-order valence-corrected chi connectivity index (χ3v) is 6.93. The standard InChI is InChI=1S/C28H26FN5O4/c29-21-12-17(14-30)4-5-20(21)16-38-26-3-1-2-22(31-26)18-8-10-34(11-9-18)25(15-35)27-32-23-7-6-19(28(36)37)13-24(23)33-27/h1-7,12-13,18,25,35H,8-11,15-16H2,(H,32,33)(H,36,37)/t25-/m0/s1. The number of nitrogens with zero attached hydrogens (tertiary/aromatic N) is 4. The van der Waals surface area contributed by atoms with Crippen LogP contribution in [-0.4, -0.2) is 55.7 Å². The van der Waals surface area contributed by atoms with Gasteiger partial charge in [-0.05, 0) is 62.3 Å². The number of pyridine rings is 1. The molecular formula is C28H26FN5O4. The Morgan fingerprint density at radius 1 is 1.18 bits per heavy atom. The lowest BCUT2D eigenvalue weighted by molar-refractivity contribution is 0.0697. The van der Waals surface area contributed by atoms with Gasteiger partial charge in [-0.2, -0.15) is 5.26 Å². The van der Waals surface area contributed by atoms with E-state index in [-0.39, 0.29) is 36.3 Å². The SMILES string of the molecule is N#Cc1ccc(COc2cccc(C3CCN([C@@H](CO)c4nc5ccc(C(=O)O)cc5[nH]4)CC3)n2)c(F)c1. The molecule has 1 saturated heterocycles. The molecule has 0 unspecified atom stereocenters. The number of fused-ring (bicyclic) bond motifs is 1. The first-order chi connectivity index (χ1) is 18.4. The Morgan fingerprint density at radius 2 is 2.00 bits per heavy atom. The summed E-state index contributed by atoms with van der Waals surface area (Å²) in [7, 11) is 0. The lowest BCUT2D eigenvalue weighted by Crippen LogP contribution is -2.38. The number of carboxylic acid groups (broad SMARTS) is 1. The summed E-state index contributed by atoms with van der Waals surface area (Å²) in [6.45, 7) is 1.33. The summed E-state index contributed by atoms with van der Waals surface area (Å²) in [5, 5.41) is 28.3. The molecule has 0 aliphatic carbocycles. The highest BCUT2D eigenvalue weighted by molar-refractivity contribution is 5.92. The predicted octanol–water partition coefficient (Wildman–Crippen LogP) is 4.16. The summed E-state index contributed by atoms with van der Waals surface area (Å²) < 4.78 is 19.9. The van der Waals surface area contributed by atoms with Crippen LogP contribution in [0.1, 0.15) is 57.8 Å². The normalized spacial score (nSPS) is 15.3. The van der Waals surface area contributed by atoms with Crippen molar-refractivity contribution in [3.8, 4) is 11.9 Å². The number of halogens is 1. The van der Waals surface area contributed by atoms with Crippen LogP contribution in [0.4, 0.5) is 4.39 Å². The summed E-state index contributed by atoms with van der Waals surface area (Å²) in [5.41, 5.74) is 2.95. The maximum Gasteiger partial charge on any atom is 0.335 e. The zero-order chi connectivity index (χ0) is 26.6. The Balaban J connectivity index is 1.22. The van der Waals surface area contributed by atoms with E-state index in [9.17, 15) is 19.4 Å². The molecule has 10 heteroatoms. The van der Waals surface area contributed by atoms with Gasteiger partial charge in [-0.1, -0.05) is 12.1 Å². The second-order valence-corrected chi connectivity index (χ2v) is 9.28. The Morgan fingerprint density at radius 3 is 2.71 bits per heavy atom. The number of aromatic amines is 1. The number of nitriles is 1. The van der Waals surface area contributed by atoms with Crippen molar-refractivity contribution in [3.63, 3.8) is 0 Å². The second-order valence-electron chi connectivity index (χ2n) is 9.28. The molecule has 1 fully saturated rings. The molecule has 3 N–H and O–H groups in total. The highest BCUT2D eigenvalue weighted by Gasteiger charge is 2.29. The molecule has 1 aliphatic heterocycles. The number of nitrogens with one attached hydrogen (secondary N) is 1. The van der Waals surface area contributed by atoms with E-state index < -0.39 is 11.8 Å². The first-order valence-electron chi connectivity index (χ1n) is 12.3. The summed E-state index contributed by atoms with van der Waals surface area (Å²) >= 11 is 0. The van der Waals surface area contributed by atoms with Crippen LogP contribution in [0.15, 0.2) is 54.6 Å². The van der Waals surface area contributed by atoms with Crippen molar-refractivity contribution in [1.29, 1.82) is 5.26 Å². The number of H-pyrrole nitrogens is 1. The Bertz CT molecular complexity index is 1510. The second kappa shape index (κ2) is 11.0. The van der Waals surface area contributed by atoms with E-state index in [1.165, 1.54) is 18.2 Å². The lowest BCUT2D eigenvalue weighted by atomic mass is 9.92. The van der Waals surface area contributed by atoms with E-state index >= 15 is 0 Å². The molecule has 4 aromatic rings. The van der Waals surface area contributed by atoms with Crippen LogP contribution in [-0.2, 0) is 6.61 Å². The molecule has 0 saturated carbocycles. The molecule has 0 radical (unpaired) electrons. The number of hydrogen-bond acceptors (Lipinski definition) is 7. The smallest absolute Gasteiger partial charge is 0.335 e. The van der Waals surface area contributed by atoms with Gasteiger partial charge < -0.3 is 19.9 Å². The summed E-state index contributed by atoms with van der Waals surface area (Å²) in [6.07, 6.45) is 1.64. The molecule has 0 bridgehead atoms. The van der Waals surface area contributed by atoms with Gasteiger partial charge in [0, 0.05) is 23.2 Å². The number of ether oxygens (including phenoxy) is 1. The van der Waals surface area contributed by atoms with Crippen LogP contribution in [0.2, 0.25) is 0 Å². The van der Waals surface area contributed by atoms with Gasteiger partial charge in [0.1, 0.15) is 18.2 Å². The van der Waals surface area contributed by atoms with E-state index in [0.717, 1.165) is 31.6 Å². The van der Waals surface area contributed by atoms with Crippen molar-refractivity contribution in [3.05, 3.63) is 88.6 Å². The molecule has 194 valence electrons. The topological polar surface area (TPSA) is 135 Å². The molecular weight excluding hydrogens is 489 g/mol. The number of rotatable bonds is 8. The number of aliphatic hydroxyl groups excluding tert-OH is 1. The largest absolute Gasteiger partial charge is 0.478 e. The number of likely N-dealkylation sites (tertiary alicyclic amines) is 1. The minimum absolute atomic E-state index is 0.01000. The number of aliphatic hydroxyl groups is 1. The highest BCUT2D eigenvalue weighted by Crippen LogP contribution is 2.32. The minimum atomic E-state index is -1.01. The Labute approximate surface area is 218 Å². The van der Waals surface area contributed by atoms with E-state index in [1.54, 1.807) is 24.3 Å². The van der Waals surface area contributed by atoms with Crippen molar-refractivity contribution in [2.24, 2.45) is 0 Å². The third kappa shape index (κ3) is 5.34. The van der Waals surface area contributed by atoms with Gasteiger partial charge >= 0.3 is 5.97 Å². The van der Waals surface area contributed by atoms with Gasteiger partial charge in [-0.15, -0.1) is 0 Å². The zero-order valence-corrected chi connectivity index (χ0v) is 20.5. The van der Waals surface area contributed by atoms with Gasteiger partial charge in [-0.3, -0.25) is 4.90 Å². The van der Waals surface area contributed by atoms with E-state index in [1.807, 2.05) is 18.2 Å². The first-order valence-corrected chi connectivity index (χ1v) is 12.3. The quantitative estimate of drug-likeness (QED) is 0.318. The minimum Gasteiger partial charge on any atom is -0.478 e. The number of carbonyl (C=O) groups is 1. The van der Waals surface area contributed by atoms with Gasteiger partial charge in [0.25, 0.3) is 0 Å². The van der Waals surface area contributed by atoms with Crippen LogP contribution < -0.4 is 4.74 Å². The van der Waals surface area contributed by atoms with E-state index in [2.05, 4.69) is 19.9 Å². The molecule has 2 aromatic heterocycles. The number of imidazole rings is 1. The lowest BCUT2D eigenvalue weighted by Gasteiger charge is -2.35. The molecule has 9 nitrogen and oxygen atoms in total. The van der Waals surface area contributed by atoms with Gasteiger partial charge in [-0.25, -0.2) is 19.2 Å². The number of aromatic nitrogens is 3. The van der Waals surface area contributed by atoms with E-state index in [4.69, 9.17) is 10.00 Å². The fourth-order valence-corrected chi connectivity index (χ4v) is 4.83. The number of benzene rings is 2. The average molecular weight is 516 g/mol. The van der Waals surface area contributed by atoms with Crippen molar-refractivity contribution in [2.75, 3.05) is 19.7 Å². The van der Waals surface area contributed by atoms with Crippen LogP contribution in [0.3, 0.4) is 0 Å². The van der Waals surface area contributed by atoms with Crippen molar-refractivity contribution in [2.45, 2.75) is 31.4 Å². The predicted molar refractivity (Wildman–Crippen MR) is 136 cm³/mol. The molecule has 2 aromatic carbocycles. The molecule has 1 aliphatic rings. The van der Waals surface area contributed by atoms with Gasteiger partial charge in [0.2, 0.25) is 5.88 Å². The third-order valence-electron chi connectivity index (χ3n) is 6.93. The van der Waals surface area contributed by atoms with Crippen LogP contribution in [0, 0.1) is 17.1 Å². The van der Waals surface area contributed by atoms with Crippen LogP contribution >= 0.6 is 0 Å². The summed E-state index contributed by atoms with van der Waals surface area (Å²) in [6, 6.07) is 16.1. The molecule has 3 heterocycles. The fourth-order valence-electron chi connectivity index (χ4n) is 4.83. The number of piperidine rings is 1. The van der Waals surface area contributed by atoms with Gasteiger partial charge in [0.15, 0.2) is 0 Å². The van der Waals surface area contributed by atoms with Crippen LogP contribution in [0.5, 0.6) is 5.88 Å². The number of hydrogen-bond donors (Lipinski definition) is 3. The molecule has 0 amide bonds. The molecule has 38 heavy (non-hydrogen) atoms. The maximum atomic E-state index is 14.2. The monoisotopic (exact) mass is 515 g/mol. The number of carboxylic acids is 1. The van der Waals surface area contributed by atoms with E-state index in [0.29, 0.717) is 28.3 Å². The highest BCUT2D eigenvalue weighted by atomic mass is 19.1. The average Bonchev–Trinajstić information content (AvgIpc) is 3.36.